The Balaban J connectivity index is 1.78. The molecule has 2 aliphatic heterocycles. The summed E-state index contributed by atoms with van der Waals surface area (Å²) in [6.45, 7) is 4.24. The van der Waals surface area contributed by atoms with E-state index >= 15 is 0 Å². The second kappa shape index (κ2) is 6.14. The van der Waals surface area contributed by atoms with Gasteiger partial charge in [0, 0.05) is 27.6 Å². The van der Waals surface area contributed by atoms with Crippen molar-refractivity contribution in [3.05, 3.63) is 58.9 Å². The van der Waals surface area contributed by atoms with Gasteiger partial charge in [0.15, 0.2) is 4.87 Å². The Morgan fingerprint density at radius 1 is 1.30 bits per heavy atom. The summed E-state index contributed by atoms with van der Waals surface area (Å²) < 4.78 is 13.6. The molecule has 0 radical (unpaired) electrons. The minimum atomic E-state index is -1.25. The van der Waals surface area contributed by atoms with Crippen molar-refractivity contribution in [1.82, 2.24) is 4.90 Å². The summed E-state index contributed by atoms with van der Waals surface area (Å²) in [6.07, 6.45) is 0. The lowest BCUT2D eigenvalue weighted by atomic mass is 10.0. The van der Waals surface area contributed by atoms with E-state index in [2.05, 4.69) is 10.6 Å². The van der Waals surface area contributed by atoms with E-state index in [0.717, 1.165) is 0 Å². The van der Waals surface area contributed by atoms with E-state index in [9.17, 15) is 14.0 Å². The van der Waals surface area contributed by atoms with Crippen molar-refractivity contribution < 1.29 is 14.0 Å². The van der Waals surface area contributed by atoms with Crippen molar-refractivity contribution in [2.24, 2.45) is 0 Å². The van der Waals surface area contributed by atoms with E-state index < -0.39 is 16.7 Å². The van der Waals surface area contributed by atoms with Crippen LogP contribution in [0.1, 0.15) is 19.4 Å². The molecule has 8 heteroatoms. The number of fused-ring (bicyclic) bond motifs is 2. The average molecular weight is 406 g/mol. The van der Waals surface area contributed by atoms with Crippen LogP contribution >= 0.6 is 23.4 Å². The van der Waals surface area contributed by atoms with E-state index in [0.29, 0.717) is 22.8 Å². The number of anilines is 2. The topological polar surface area (TPSA) is 61.4 Å². The summed E-state index contributed by atoms with van der Waals surface area (Å²) in [7, 11) is 0. The molecule has 2 heterocycles. The number of hydrogen-bond donors (Lipinski definition) is 2. The Bertz CT molecular complexity index is 968. The summed E-state index contributed by atoms with van der Waals surface area (Å²) in [5.74, 6) is -0.843. The summed E-state index contributed by atoms with van der Waals surface area (Å²) in [5, 5.41) is 5.91. The number of carbonyl (C=O) groups is 2. The fourth-order valence-electron chi connectivity index (χ4n) is 3.54. The largest absolute Gasteiger partial charge is 0.323 e. The van der Waals surface area contributed by atoms with Gasteiger partial charge < -0.3 is 10.6 Å². The van der Waals surface area contributed by atoms with Crippen LogP contribution in [0.3, 0.4) is 0 Å². The van der Waals surface area contributed by atoms with Crippen LogP contribution in [0.5, 0.6) is 0 Å². The molecule has 0 aliphatic carbocycles. The summed E-state index contributed by atoms with van der Waals surface area (Å²) in [6, 6.07) is 10.5. The molecule has 27 heavy (non-hydrogen) atoms. The maximum absolute atomic E-state index is 14.0. The first-order valence-corrected chi connectivity index (χ1v) is 9.57. The van der Waals surface area contributed by atoms with Crippen molar-refractivity contribution in [1.29, 1.82) is 0 Å². The van der Waals surface area contributed by atoms with Gasteiger partial charge in [-0.3, -0.25) is 9.69 Å². The molecular formula is C19H17ClFN3O2S. The summed E-state index contributed by atoms with van der Waals surface area (Å²) in [5.41, 5.74) is 1.33. The number of rotatable bonds is 1. The van der Waals surface area contributed by atoms with E-state index in [1.165, 1.54) is 28.8 Å². The number of halogens is 2. The van der Waals surface area contributed by atoms with E-state index in [1.807, 2.05) is 13.8 Å². The van der Waals surface area contributed by atoms with E-state index in [4.69, 9.17) is 11.6 Å². The second-order valence-corrected chi connectivity index (χ2v) is 9.48. The summed E-state index contributed by atoms with van der Waals surface area (Å²) >= 11 is 7.55. The van der Waals surface area contributed by atoms with Gasteiger partial charge in [0.1, 0.15) is 5.82 Å². The molecule has 2 aromatic rings. The zero-order valence-corrected chi connectivity index (χ0v) is 16.2. The number of benzene rings is 2. The lowest BCUT2D eigenvalue weighted by Crippen LogP contribution is -2.50. The first kappa shape index (κ1) is 18.1. The van der Waals surface area contributed by atoms with Gasteiger partial charge in [-0.25, -0.2) is 9.18 Å². The van der Waals surface area contributed by atoms with E-state index in [1.54, 1.807) is 30.3 Å². The number of nitrogens with zero attached hydrogens (tertiary/aromatic N) is 1. The van der Waals surface area contributed by atoms with Gasteiger partial charge in [-0.15, -0.1) is 11.8 Å². The number of carbonyl (C=O) groups excluding carboxylic acids is 2. The van der Waals surface area contributed by atoms with Crippen LogP contribution in [-0.2, 0) is 9.67 Å². The Labute approximate surface area is 165 Å². The number of thioether (sulfide) groups is 1. The van der Waals surface area contributed by atoms with Gasteiger partial charge in [-0.05, 0) is 44.2 Å². The highest BCUT2D eigenvalue weighted by molar-refractivity contribution is 8.02. The molecule has 0 unspecified atom stereocenters. The first-order chi connectivity index (χ1) is 12.7. The highest BCUT2D eigenvalue weighted by Crippen LogP contribution is 2.58. The van der Waals surface area contributed by atoms with Gasteiger partial charge in [-0.1, -0.05) is 23.7 Å². The molecule has 1 saturated heterocycles. The normalized spacial score (nSPS) is 22.7. The number of hydrogen-bond acceptors (Lipinski definition) is 3. The minimum Gasteiger partial charge on any atom is -0.323 e. The van der Waals surface area contributed by atoms with Crippen LogP contribution in [0.2, 0.25) is 5.02 Å². The number of urea groups is 1. The standard InChI is InChI=1S/C19H17ClFN3O2S/c1-18(2)10-24(17(26)23-15-6-4-3-5-13(15)21)19(27-18)12-9-11(20)7-8-14(12)22-16(19)25/h3-9H,10H2,1-2H3,(H,22,25)(H,23,26)/t19-/m0/s1. The molecule has 0 aromatic heterocycles. The molecule has 0 bridgehead atoms. The highest BCUT2D eigenvalue weighted by atomic mass is 35.5. The van der Waals surface area contributed by atoms with Gasteiger partial charge in [0.2, 0.25) is 0 Å². The number of nitrogens with one attached hydrogen (secondary N) is 2. The molecule has 2 N–H and O–H groups in total. The van der Waals surface area contributed by atoms with Gasteiger partial charge in [0.25, 0.3) is 5.91 Å². The van der Waals surface area contributed by atoms with Gasteiger partial charge in [-0.2, -0.15) is 0 Å². The molecule has 2 aromatic carbocycles. The van der Waals surface area contributed by atoms with Crippen LogP contribution in [0.4, 0.5) is 20.6 Å². The lowest BCUT2D eigenvalue weighted by Gasteiger charge is -2.32. The SMILES string of the molecule is CC1(C)CN(C(=O)Nc2ccccc2F)[C@@]2(S1)C(=O)Nc1ccc(Cl)cc12. The first-order valence-electron chi connectivity index (χ1n) is 8.38. The van der Waals surface area contributed by atoms with Gasteiger partial charge in [0.05, 0.1) is 5.69 Å². The molecule has 4 rings (SSSR count). The molecule has 1 fully saturated rings. The summed E-state index contributed by atoms with van der Waals surface area (Å²) in [4.78, 5) is 26.3. The molecule has 2 aliphatic rings. The Hall–Kier alpha value is -2.25. The third kappa shape index (κ3) is 2.85. The molecular weight excluding hydrogens is 389 g/mol. The van der Waals surface area contributed by atoms with Crippen LogP contribution in [0, 0.1) is 5.82 Å². The van der Waals surface area contributed by atoms with Crippen molar-refractivity contribution >= 4 is 46.7 Å². The quantitative estimate of drug-likeness (QED) is 0.726. The Kier molecular flexibility index (Phi) is 4.12. The number of amides is 3. The number of para-hydroxylation sites is 1. The van der Waals surface area contributed by atoms with Crippen molar-refractivity contribution in [2.75, 3.05) is 17.2 Å². The fraction of sp³-hybridized carbons (Fsp3) is 0.263. The molecule has 1 atom stereocenters. The van der Waals surface area contributed by atoms with Crippen molar-refractivity contribution in [2.45, 2.75) is 23.5 Å². The average Bonchev–Trinajstić information content (AvgIpc) is 3.04. The minimum absolute atomic E-state index is 0.0667. The second-order valence-electron chi connectivity index (χ2n) is 7.15. The predicted molar refractivity (Wildman–Crippen MR) is 106 cm³/mol. The van der Waals surface area contributed by atoms with Crippen molar-refractivity contribution in [3.63, 3.8) is 0 Å². The van der Waals surface area contributed by atoms with Crippen molar-refractivity contribution in [3.8, 4) is 0 Å². The Morgan fingerprint density at radius 3 is 2.78 bits per heavy atom. The third-order valence-electron chi connectivity index (χ3n) is 4.61. The maximum Gasteiger partial charge on any atom is 0.323 e. The fourth-order valence-corrected chi connectivity index (χ4v) is 5.39. The van der Waals surface area contributed by atoms with Gasteiger partial charge >= 0.3 is 6.03 Å². The van der Waals surface area contributed by atoms with Crippen LogP contribution in [-0.4, -0.2) is 28.1 Å². The zero-order valence-electron chi connectivity index (χ0n) is 14.7. The predicted octanol–water partition coefficient (Wildman–Crippen LogP) is 4.64. The molecule has 3 amide bonds. The molecule has 5 nitrogen and oxygen atoms in total. The van der Waals surface area contributed by atoms with E-state index in [-0.39, 0.29) is 16.3 Å². The molecule has 140 valence electrons. The Morgan fingerprint density at radius 2 is 2.04 bits per heavy atom. The van der Waals surface area contributed by atoms with Crippen LogP contribution in [0.25, 0.3) is 0 Å². The highest BCUT2D eigenvalue weighted by Gasteiger charge is 2.61. The molecule has 0 saturated carbocycles. The monoisotopic (exact) mass is 405 g/mol. The van der Waals surface area contributed by atoms with Crippen LogP contribution < -0.4 is 10.6 Å². The smallest absolute Gasteiger partial charge is 0.323 e. The third-order valence-corrected chi connectivity index (χ3v) is 6.44. The maximum atomic E-state index is 14.0. The zero-order chi connectivity index (χ0) is 19.4. The van der Waals surface area contributed by atoms with Crippen LogP contribution in [0.15, 0.2) is 42.5 Å². The molecule has 1 spiro atoms. The lowest BCUT2D eigenvalue weighted by molar-refractivity contribution is -0.121.